The van der Waals surface area contributed by atoms with Crippen LogP contribution in [0.25, 0.3) is 0 Å². The van der Waals surface area contributed by atoms with Gasteiger partial charge in [-0.3, -0.25) is 9.89 Å². The molecule has 0 bridgehead atoms. The molecule has 6 heteroatoms. The van der Waals surface area contributed by atoms with Crippen molar-refractivity contribution in [2.24, 2.45) is 22.6 Å². The first-order valence-electron chi connectivity index (χ1n) is 10.2. The van der Waals surface area contributed by atoms with E-state index < -0.39 is 0 Å². The molecule has 2 fully saturated rings. The molecule has 146 valence electrons. The Morgan fingerprint density at radius 2 is 1.80 bits per heavy atom. The highest BCUT2D eigenvalue weighted by atomic mass is 16.5. The van der Waals surface area contributed by atoms with Gasteiger partial charge in [0.15, 0.2) is 5.96 Å². The van der Waals surface area contributed by atoms with E-state index >= 15 is 0 Å². The third kappa shape index (κ3) is 8.88. The number of morpholine rings is 1. The Balaban J connectivity index is 1.51. The standard InChI is InChI=1S/C19H39N5O/c1-17(2)4-9-24-10-5-18(6-11-24)16-22-19(20)21-7-3-8-23-12-14-25-15-13-23/h17-18H,3-16H2,1-2H3,(H3,20,21,22). The number of likely N-dealkylation sites (tertiary alicyclic amines) is 1. The first kappa shape index (κ1) is 20.5. The Kier molecular flexibility index (Phi) is 9.58. The zero-order chi connectivity index (χ0) is 17.9. The fraction of sp³-hybridized carbons (Fsp3) is 0.947. The van der Waals surface area contributed by atoms with Gasteiger partial charge in [0.05, 0.1) is 13.2 Å². The van der Waals surface area contributed by atoms with E-state index in [2.05, 4.69) is 34.0 Å². The lowest BCUT2D eigenvalue weighted by molar-refractivity contribution is 0.0376. The maximum Gasteiger partial charge on any atom is 0.188 e. The molecule has 0 saturated carbocycles. The summed E-state index contributed by atoms with van der Waals surface area (Å²) in [4.78, 5) is 9.62. The molecule has 0 spiro atoms. The third-order valence-electron chi connectivity index (χ3n) is 5.31. The third-order valence-corrected chi connectivity index (χ3v) is 5.31. The van der Waals surface area contributed by atoms with Gasteiger partial charge < -0.3 is 20.7 Å². The summed E-state index contributed by atoms with van der Waals surface area (Å²) in [7, 11) is 0. The van der Waals surface area contributed by atoms with Crippen molar-refractivity contribution in [2.45, 2.75) is 39.5 Å². The summed E-state index contributed by atoms with van der Waals surface area (Å²) in [6, 6.07) is 0. The van der Waals surface area contributed by atoms with Crippen LogP contribution in [0.15, 0.2) is 4.99 Å². The predicted molar refractivity (Wildman–Crippen MR) is 105 cm³/mol. The molecule has 0 atom stereocenters. The maximum atomic E-state index is 6.01. The van der Waals surface area contributed by atoms with Gasteiger partial charge in [0.2, 0.25) is 0 Å². The first-order chi connectivity index (χ1) is 12.1. The lowest BCUT2D eigenvalue weighted by atomic mass is 9.96. The van der Waals surface area contributed by atoms with Crippen LogP contribution in [0.1, 0.15) is 39.5 Å². The molecular formula is C19H39N5O. The van der Waals surface area contributed by atoms with Crippen LogP contribution in [-0.4, -0.2) is 81.3 Å². The molecule has 25 heavy (non-hydrogen) atoms. The monoisotopic (exact) mass is 353 g/mol. The number of aliphatic imine (C=N–C) groups is 1. The molecular weight excluding hydrogens is 314 g/mol. The van der Waals surface area contributed by atoms with Crippen LogP contribution in [0.2, 0.25) is 0 Å². The van der Waals surface area contributed by atoms with Gasteiger partial charge in [-0.2, -0.15) is 0 Å². The topological polar surface area (TPSA) is 66.1 Å². The molecule has 2 rings (SSSR count). The lowest BCUT2D eigenvalue weighted by Gasteiger charge is -2.31. The maximum absolute atomic E-state index is 6.01. The second-order valence-corrected chi connectivity index (χ2v) is 7.93. The number of nitrogens with one attached hydrogen (secondary N) is 1. The molecule has 6 nitrogen and oxygen atoms in total. The van der Waals surface area contributed by atoms with E-state index in [9.17, 15) is 0 Å². The van der Waals surface area contributed by atoms with Gasteiger partial charge in [0.25, 0.3) is 0 Å². The second kappa shape index (κ2) is 11.7. The Bertz CT molecular complexity index is 374. The molecule has 2 aliphatic rings. The normalized spacial score (nSPS) is 21.8. The number of rotatable bonds is 9. The minimum atomic E-state index is 0.615. The zero-order valence-corrected chi connectivity index (χ0v) is 16.4. The molecule has 3 N–H and O–H groups in total. The van der Waals surface area contributed by atoms with E-state index in [4.69, 9.17) is 10.5 Å². The average Bonchev–Trinajstić information content (AvgIpc) is 2.63. The molecule has 0 unspecified atom stereocenters. The number of hydrogen-bond acceptors (Lipinski definition) is 4. The van der Waals surface area contributed by atoms with Crippen molar-refractivity contribution in [3.05, 3.63) is 0 Å². The van der Waals surface area contributed by atoms with Crippen LogP contribution >= 0.6 is 0 Å². The number of guanidine groups is 1. The van der Waals surface area contributed by atoms with Gasteiger partial charge in [0, 0.05) is 26.2 Å². The van der Waals surface area contributed by atoms with Gasteiger partial charge in [-0.1, -0.05) is 13.8 Å². The van der Waals surface area contributed by atoms with Crippen molar-refractivity contribution < 1.29 is 4.74 Å². The van der Waals surface area contributed by atoms with Crippen molar-refractivity contribution in [1.29, 1.82) is 0 Å². The van der Waals surface area contributed by atoms with E-state index in [1.807, 2.05) is 0 Å². The molecule has 0 amide bonds. The van der Waals surface area contributed by atoms with Gasteiger partial charge in [0.1, 0.15) is 0 Å². The number of piperidine rings is 1. The van der Waals surface area contributed by atoms with Crippen molar-refractivity contribution in [3.8, 4) is 0 Å². The van der Waals surface area contributed by atoms with E-state index in [0.29, 0.717) is 11.9 Å². The Morgan fingerprint density at radius 1 is 1.12 bits per heavy atom. The summed E-state index contributed by atoms with van der Waals surface area (Å²) in [6.07, 6.45) is 4.92. The Morgan fingerprint density at radius 3 is 2.48 bits per heavy atom. The smallest absolute Gasteiger partial charge is 0.188 e. The largest absolute Gasteiger partial charge is 0.379 e. The summed E-state index contributed by atoms with van der Waals surface area (Å²) in [5.74, 6) is 2.12. The number of nitrogens with zero attached hydrogens (tertiary/aromatic N) is 3. The number of ether oxygens (including phenoxy) is 1. The van der Waals surface area contributed by atoms with Crippen LogP contribution in [-0.2, 0) is 4.74 Å². The van der Waals surface area contributed by atoms with E-state index in [1.165, 1.54) is 38.9 Å². The molecule has 0 aromatic rings. The van der Waals surface area contributed by atoms with Gasteiger partial charge in [-0.25, -0.2) is 0 Å². The minimum absolute atomic E-state index is 0.615. The molecule has 0 aliphatic carbocycles. The van der Waals surface area contributed by atoms with Crippen LogP contribution in [0, 0.1) is 11.8 Å². The quantitative estimate of drug-likeness (QED) is 0.372. The van der Waals surface area contributed by atoms with Crippen molar-refractivity contribution >= 4 is 5.96 Å². The SMILES string of the molecule is CC(C)CCN1CCC(CN=C(N)NCCCN2CCOCC2)CC1. The van der Waals surface area contributed by atoms with E-state index in [-0.39, 0.29) is 0 Å². The van der Waals surface area contributed by atoms with Crippen molar-refractivity contribution in [3.63, 3.8) is 0 Å². The van der Waals surface area contributed by atoms with Gasteiger partial charge in [-0.15, -0.1) is 0 Å². The number of nitrogens with two attached hydrogens (primary N) is 1. The first-order valence-corrected chi connectivity index (χ1v) is 10.2. The molecule has 0 aromatic carbocycles. The van der Waals surface area contributed by atoms with E-state index in [1.54, 1.807) is 0 Å². The molecule has 0 radical (unpaired) electrons. The highest BCUT2D eigenvalue weighted by molar-refractivity contribution is 5.77. The van der Waals surface area contributed by atoms with Gasteiger partial charge in [-0.05, 0) is 63.7 Å². The van der Waals surface area contributed by atoms with Crippen LogP contribution in [0.5, 0.6) is 0 Å². The summed E-state index contributed by atoms with van der Waals surface area (Å²) in [5, 5.41) is 3.26. The Labute approximate surface area is 154 Å². The molecule has 2 saturated heterocycles. The lowest BCUT2D eigenvalue weighted by Crippen LogP contribution is -2.39. The van der Waals surface area contributed by atoms with Gasteiger partial charge >= 0.3 is 0 Å². The molecule has 2 aliphatic heterocycles. The average molecular weight is 354 g/mol. The minimum Gasteiger partial charge on any atom is -0.379 e. The van der Waals surface area contributed by atoms with Crippen molar-refractivity contribution in [2.75, 3.05) is 65.6 Å². The fourth-order valence-corrected chi connectivity index (χ4v) is 3.46. The summed E-state index contributed by atoms with van der Waals surface area (Å²) in [5.41, 5.74) is 6.01. The fourth-order valence-electron chi connectivity index (χ4n) is 3.46. The van der Waals surface area contributed by atoms with Crippen molar-refractivity contribution in [1.82, 2.24) is 15.1 Å². The molecule has 0 aromatic heterocycles. The highest BCUT2D eigenvalue weighted by Gasteiger charge is 2.18. The Hall–Kier alpha value is -0.850. The molecule has 2 heterocycles. The van der Waals surface area contributed by atoms with E-state index in [0.717, 1.165) is 58.3 Å². The second-order valence-electron chi connectivity index (χ2n) is 7.93. The summed E-state index contributed by atoms with van der Waals surface area (Å²) >= 11 is 0. The number of hydrogen-bond donors (Lipinski definition) is 2. The van der Waals surface area contributed by atoms with Crippen LogP contribution in [0.3, 0.4) is 0 Å². The summed E-state index contributed by atoms with van der Waals surface area (Å²) < 4.78 is 5.36. The summed E-state index contributed by atoms with van der Waals surface area (Å²) in [6.45, 7) is 15.0. The highest BCUT2D eigenvalue weighted by Crippen LogP contribution is 2.18. The predicted octanol–water partition coefficient (Wildman–Crippen LogP) is 1.37. The van der Waals surface area contributed by atoms with Crippen LogP contribution in [0.4, 0.5) is 0 Å². The zero-order valence-electron chi connectivity index (χ0n) is 16.4. The van der Waals surface area contributed by atoms with Crippen LogP contribution < -0.4 is 11.1 Å².